The van der Waals surface area contributed by atoms with Gasteiger partial charge in [-0.25, -0.2) is 9.78 Å². The number of amides is 2. The minimum Gasteiger partial charge on any atom is -0.496 e. The van der Waals surface area contributed by atoms with Crippen LogP contribution >= 0.6 is 0 Å². The SMILES string of the molecule is COc1c(C)cc(N2CCCNC2=O)cc1-c1nc2cc(C)ccc2o1. The van der Waals surface area contributed by atoms with Gasteiger partial charge in [-0.1, -0.05) is 6.07 Å². The topological polar surface area (TPSA) is 67.6 Å². The van der Waals surface area contributed by atoms with E-state index in [1.807, 2.05) is 44.2 Å². The lowest BCUT2D eigenvalue weighted by molar-refractivity contribution is 0.243. The predicted octanol–water partition coefficient (Wildman–Crippen LogP) is 4.04. The van der Waals surface area contributed by atoms with Crippen molar-refractivity contribution in [2.75, 3.05) is 25.1 Å². The van der Waals surface area contributed by atoms with E-state index in [0.717, 1.165) is 39.9 Å². The van der Waals surface area contributed by atoms with Gasteiger partial charge in [-0.15, -0.1) is 0 Å². The second-order valence-corrected chi connectivity index (χ2v) is 6.57. The summed E-state index contributed by atoms with van der Waals surface area (Å²) >= 11 is 0. The Hall–Kier alpha value is -3.02. The zero-order valence-electron chi connectivity index (χ0n) is 15.1. The molecule has 1 aliphatic rings. The highest BCUT2D eigenvalue weighted by Crippen LogP contribution is 2.38. The normalized spacial score (nSPS) is 14.6. The molecule has 26 heavy (non-hydrogen) atoms. The summed E-state index contributed by atoms with van der Waals surface area (Å²) in [6.45, 7) is 5.38. The number of carbonyl (C=O) groups is 1. The number of aryl methyl sites for hydroxylation is 2. The first-order valence-electron chi connectivity index (χ1n) is 8.68. The van der Waals surface area contributed by atoms with Crippen molar-refractivity contribution in [2.45, 2.75) is 20.3 Å². The van der Waals surface area contributed by atoms with Gasteiger partial charge in [0, 0.05) is 18.8 Å². The highest BCUT2D eigenvalue weighted by atomic mass is 16.5. The summed E-state index contributed by atoms with van der Waals surface area (Å²) in [7, 11) is 1.63. The molecule has 1 saturated heterocycles. The molecule has 2 amide bonds. The van der Waals surface area contributed by atoms with Crippen LogP contribution in [0.25, 0.3) is 22.6 Å². The van der Waals surface area contributed by atoms with Gasteiger partial charge >= 0.3 is 6.03 Å². The van der Waals surface area contributed by atoms with Crippen molar-refractivity contribution in [3.63, 3.8) is 0 Å². The molecule has 0 atom stereocenters. The number of nitrogens with one attached hydrogen (secondary N) is 1. The third-order valence-electron chi connectivity index (χ3n) is 4.63. The van der Waals surface area contributed by atoms with Crippen LogP contribution in [-0.4, -0.2) is 31.2 Å². The lowest BCUT2D eigenvalue weighted by Gasteiger charge is -2.28. The van der Waals surface area contributed by atoms with Gasteiger partial charge in [0.05, 0.1) is 12.7 Å². The average molecular weight is 351 g/mol. The zero-order valence-corrected chi connectivity index (χ0v) is 15.1. The van der Waals surface area contributed by atoms with Crippen LogP contribution in [0.5, 0.6) is 5.75 Å². The number of aromatic nitrogens is 1. The van der Waals surface area contributed by atoms with Crippen LogP contribution in [0, 0.1) is 13.8 Å². The van der Waals surface area contributed by atoms with Crippen LogP contribution in [0.4, 0.5) is 10.5 Å². The van der Waals surface area contributed by atoms with Crippen LogP contribution in [0.3, 0.4) is 0 Å². The molecule has 0 unspecified atom stereocenters. The third-order valence-corrected chi connectivity index (χ3v) is 4.63. The molecule has 3 aromatic rings. The van der Waals surface area contributed by atoms with E-state index in [2.05, 4.69) is 10.3 Å². The highest BCUT2D eigenvalue weighted by molar-refractivity contribution is 5.94. The number of nitrogens with zero attached hydrogens (tertiary/aromatic N) is 2. The monoisotopic (exact) mass is 351 g/mol. The predicted molar refractivity (Wildman–Crippen MR) is 101 cm³/mol. The van der Waals surface area contributed by atoms with E-state index in [-0.39, 0.29) is 6.03 Å². The molecular formula is C20H21N3O3. The fourth-order valence-electron chi connectivity index (χ4n) is 3.37. The Balaban J connectivity index is 1.86. The number of hydrogen-bond acceptors (Lipinski definition) is 4. The van der Waals surface area contributed by atoms with Crippen LogP contribution in [0.1, 0.15) is 17.5 Å². The molecule has 6 nitrogen and oxygen atoms in total. The minimum atomic E-state index is -0.0834. The Kier molecular flexibility index (Phi) is 4.03. The summed E-state index contributed by atoms with van der Waals surface area (Å²) in [4.78, 5) is 18.6. The second-order valence-electron chi connectivity index (χ2n) is 6.57. The number of hydrogen-bond donors (Lipinski definition) is 1. The molecule has 4 rings (SSSR count). The second kappa shape index (κ2) is 6.37. The van der Waals surface area contributed by atoms with Gasteiger partial charge in [0.1, 0.15) is 11.3 Å². The molecule has 134 valence electrons. The molecule has 0 spiro atoms. The van der Waals surface area contributed by atoms with Crippen LogP contribution in [0.15, 0.2) is 34.7 Å². The number of carbonyl (C=O) groups excluding carboxylic acids is 1. The van der Waals surface area contributed by atoms with Gasteiger partial charge in [-0.05, 0) is 55.7 Å². The fourth-order valence-corrected chi connectivity index (χ4v) is 3.37. The molecule has 6 heteroatoms. The van der Waals surface area contributed by atoms with Gasteiger partial charge in [0.15, 0.2) is 5.58 Å². The molecule has 2 heterocycles. The highest BCUT2D eigenvalue weighted by Gasteiger charge is 2.23. The number of methoxy groups -OCH3 is 1. The Morgan fingerprint density at radius 3 is 2.85 bits per heavy atom. The van der Waals surface area contributed by atoms with Crippen molar-refractivity contribution >= 4 is 22.8 Å². The van der Waals surface area contributed by atoms with E-state index < -0.39 is 0 Å². The molecule has 1 aliphatic heterocycles. The van der Waals surface area contributed by atoms with Gasteiger partial charge in [0.25, 0.3) is 0 Å². The zero-order chi connectivity index (χ0) is 18.3. The van der Waals surface area contributed by atoms with Crippen molar-refractivity contribution < 1.29 is 13.9 Å². The summed E-state index contributed by atoms with van der Waals surface area (Å²) in [6, 6.07) is 9.69. The average Bonchev–Trinajstić information content (AvgIpc) is 3.04. The quantitative estimate of drug-likeness (QED) is 0.773. The minimum absolute atomic E-state index is 0.0834. The maximum Gasteiger partial charge on any atom is 0.321 e. The number of rotatable bonds is 3. The number of benzene rings is 2. The van der Waals surface area contributed by atoms with E-state index in [9.17, 15) is 4.79 Å². The smallest absolute Gasteiger partial charge is 0.321 e. The van der Waals surface area contributed by atoms with Crippen LogP contribution in [0.2, 0.25) is 0 Å². The number of anilines is 1. The molecule has 1 fully saturated rings. The van der Waals surface area contributed by atoms with Crippen molar-refractivity contribution in [2.24, 2.45) is 0 Å². The van der Waals surface area contributed by atoms with Gasteiger partial charge < -0.3 is 14.5 Å². The van der Waals surface area contributed by atoms with E-state index in [0.29, 0.717) is 24.7 Å². The van der Waals surface area contributed by atoms with Crippen molar-refractivity contribution in [3.8, 4) is 17.2 Å². The lowest BCUT2D eigenvalue weighted by Crippen LogP contribution is -2.46. The molecule has 0 aliphatic carbocycles. The molecule has 0 radical (unpaired) electrons. The number of ether oxygens (including phenoxy) is 1. The largest absolute Gasteiger partial charge is 0.496 e. The van der Waals surface area contributed by atoms with Gasteiger partial charge in [0.2, 0.25) is 5.89 Å². The summed E-state index contributed by atoms with van der Waals surface area (Å²) in [5.74, 6) is 1.19. The third kappa shape index (κ3) is 2.77. The van der Waals surface area contributed by atoms with Crippen LogP contribution in [-0.2, 0) is 0 Å². The first kappa shape index (κ1) is 16.4. The summed E-state index contributed by atoms with van der Waals surface area (Å²) in [5, 5.41) is 2.88. The van der Waals surface area contributed by atoms with E-state index >= 15 is 0 Å². The maximum atomic E-state index is 12.2. The number of fused-ring (bicyclic) bond motifs is 1. The summed E-state index contributed by atoms with van der Waals surface area (Å²) in [6.07, 6.45) is 0.911. The van der Waals surface area contributed by atoms with Gasteiger partial charge in [-0.3, -0.25) is 4.90 Å². The molecular weight excluding hydrogens is 330 g/mol. The van der Waals surface area contributed by atoms with Crippen molar-refractivity contribution in [1.29, 1.82) is 0 Å². The van der Waals surface area contributed by atoms with Crippen molar-refractivity contribution in [1.82, 2.24) is 10.3 Å². The maximum absolute atomic E-state index is 12.2. The first-order valence-corrected chi connectivity index (χ1v) is 8.68. The van der Waals surface area contributed by atoms with Crippen LogP contribution < -0.4 is 15.0 Å². The Morgan fingerprint density at radius 2 is 2.08 bits per heavy atom. The molecule has 0 saturated carbocycles. The summed E-state index contributed by atoms with van der Waals surface area (Å²) < 4.78 is 11.6. The summed E-state index contributed by atoms with van der Waals surface area (Å²) in [5.41, 5.74) is 5.15. The Bertz CT molecular complexity index is 993. The van der Waals surface area contributed by atoms with Crippen molar-refractivity contribution in [3.05, 3.63) is 41.5 Å². The van der Waals surface area contributed by atoms with E-state index in [4.69, 9.17) is 9.15 Å². The number of urea groups is 1. The first-order chi connectivity index (χ1) is 12.6. The van der Waals surface area contributed by atoms with E-state index in [1.165, 1.54) is 0 Å². The number of oxazole rings is 1. The Labute approximate surface area is 151 Å². The standard InChI is InChI=1S/C20H21N3O3/c1-12-5-6-17-16(9-12)22-19(26-17)15-11-14(10-13(2)18(15)25-3)23-8-4-7-21-20(23)24/h5-6,9-11H,4,7-8H2,1-3H3,(H,21,24). The molecule has 1 N–H and O–H groups in total. The molecule has 0 bridgehead atoms. The molecule has 2 aromatic carbocycles. The fraction of sp³-hybridized carbons (Fsp3) is 0.300. The Morgan fingerprint density at radius 1 is 1.23 bits per heavy atom. The van der Waals surface area contributed by atoms with E-state index in [1.54, 1.807) is 12.0 Å². The van der Waals surface area contributed by atoms with Gasteiger partial charge in [-0.2, -0.15) is 0 Å². The lowest BCUT2D eigenvalue weighted by atomic mass is 10.1. The molecule has 1 aromatic heterocycles.